The Bertz CT molecular complexity index is 168. The van der Waals surface area contributed by atoms with Crippen molar-refractivity contribution < 1.29 is 4.48 Å². The molecule has 0 aliphatic rings. The standard InChI is InChI=1S/C16H35ClN/c1-4-5-6-7-9-12-15-18(2,3)16-13-10-8-11-14-17/h4-16H2,1-3H3/q+1. The van der Waals surface area contributed by atoms with Crippen molar-refractivity contribution in [2.75, 3.05) is 33.1 Å². The van der Waals surface area contributed by atoms with Gasteiger partial charge in [-0.2, -0.15) is 0 Å². The zero-order valence-electron chi connectivity index (χ0n) is 13.0. The lowest BCUT2D eigenvalue weighted by atomic mass is 10.1. The van der Waals surface area contributed by atoms with E-state index in [0.29, 0.717) is 0 Å². The minimum Gasteiger partial charge on any atom is -0.328 e. The number of nitrogens with zero attached hydrogens (tertiary/aromatic N) is 1. The van der Waals surface area contributed by atoms with Gasteiger partial charge in [0.05, 0.1) is 27.2 Å². The number of hydrogen-bond donors (Lipinski definition) is 0. The number of quaternary nitrogens is 1. The van der Waals surface area contributed by atoms with E-state index in [4.69, 9.17) is 11.6 Å². The van der Waals surface area contributed by atoms with E-state index in [1.807, 2.05) is 0 Å². The monoisotopic (exact) mass is 276 g/mol. The van der Waals surface area contributed by atoms with E-state index in [-0.39, 0.29) is 0 Å². The van der Waals surface area contributed by atoms with Crippen LogP contribution in [0.2, 0.25) is 0 Å². The molecule has 0 aromatic carbocycles. The van der Waals surface area contributed by atoms with Crippen LogP contribution in [0, 0.1) is 0 Å². The van der Waals surface area contributed by atoms with Gasteiger partial charge in [0, 0.05) is 5.88 Å². The van der Waals surface area contributed by atoms with Crippen LogP contribution in [0.1, 0.15) is 71.1 Å². The van der Waals surface area contributed by atoms with Crippen molar-refractivity contribution in [3.8, 4) is 0 Å². The molecule has 0 spiro atoms. The van der Waals surface area contributed by atoms with E-state index in [1.165, 1.54) is 81.8 Å². The molecule has 0 heterocycles. The quantitative estimate of drug-likeness (QED) is 0.246. The van der Waals surface area contributed by atoms with Gasteiger partial charge in [0.1, 0.15) is 0 Å². The third-order valence-electron chi connectivity index (χ3n) is 3.76. The zero-order valence-corrected chi connectivity index (χ0v) is 13.8. The predicted octanol–water partition coefficient (Wildman–Crippen LogP) is 5.22. The summed E-state index contributed by atoms with van der Waals surface area (Å²) in [7, 11) is 4.77. The zero-order chi connectivity index (χ0) is 13.7. The van der Waals surface area contributed by atoms with E-state index in [2.05, 4.69) is 21.0 Å². The third kappa shape index (κ3) is 12.7. The first-order valence-corrected chi connectivity index (χ1v) is 8.54. The van der Waals surface area contributed by atoms with Crippen molar-refractivity contribution in [3.05, 3.63) is 0 Å². The maximum atomic E-state index is 5.69. The molecule has 0 aliphatic carbocycles. The molecule has 0 atom stereocenters. The smallest absolute Gasteiger partial charge is 0.0782 e. The number of alkyl halides is 1. The Morgan fingerprint density at radius 2 is 1.11 bits per heavy atom. The Balaban J connectivity index is 3.37. The molecule has 0 aliphatic heterocycles. The van der Waals surface area contributed by atoms with Crippen molar-refractivity contribution in [3.63, 3.8) is 0 Å². The van der Waals surface area contributed by atoms with Crippen LogP contribution in [0.25, 0.3) is 0 Å². The molecular weight excluding hydrogens is 242 g/mol. The van der Waals surface area contributed by atoms with Crippen LogP contribution in [-0.2, 0) is 0 Å². The average molecular weight is 277 g/mol. The molecule has 110 valence electrons. The molecule has 0 saturated carbocycles. The molecule has 0 fully saturated rings. The van der Waals surface area contributed by atoms with Crippen LogP contribution >= 0.6 is 11.6 Å². The first kappa shape index (κ1) is 18.2. The lowest BCUT2D eigenvalue weighted by molar-refractivity contribution is -0.890. The summed E-state index contributed by atoms with van der Waals surface area (Å²) < 4.78 is 1.20. The molecule has 0 amide bonds. The van der Waals surface area contributed by atoms with Gasteiger partial charge in [-0.1, -0.05) is 39.0 Å². The summed E-state index contributed by atoms with van der Waals surface area (Å²) in [4.78, 5) is 0. The van der Waals surface area contributed by atoms with E-state index < -0.39 is 0 Å². The molecule has 0 aromatic rings. The van der Waals surface area contributed by atoms with Gasteiger partial charge in [0.2, 0.25) is 0 Å². The summed E-state index contributed by atoms with van der Waals surface area (Å²) in [6.45, 7) is 4.96. The molecule has 0 rings (SSSR count). The molecule has 0 N–H and O–H groups in total. The first-order valence-electron chi connectivity index (χ1n) is 8.00. The minimum absolute atomic E-state index is 0.829. The van der Waals surface area contributed by atoms with Crippen LogP contribution in [0.15, 0.2) is 0 Å². The topological polar surface area (TPSA) is 0 Å². The summed E-state index contributed by atoms with van der Waals surface area (Å²) in [5, 5.41) is 0. The van der Waals surface area contributed by atoms with Crippen molar-refractivity contribution in [2.24, 2.45) is 0 Å². The van der Waals surface area contributed by atoms with Crippen molar-refractivity contribution in [1.82, 2.24) is 0 Å². The average Bonchev–Trinajstić information content (AvgIpc) is 2.33. The fourth-order valence-corrected chi connectivity index (χ4v) is 2.61. The molecule has 0 saturated heterocycles. The van der Waals surface area contributed by atoms with Crippen LogP contribution in [-0.4, -0.2) is 37.5 Å². The number of unbranched alkanes of at least 4 members (excludes halogenated alkanes) is 8. The molecule has 18 heavy (non-hydrogen) atoms. The minimum atomic E-state index is 0.829. The second-order valence-corrected chi connectivity index (χ2v) is 6.63. The van der Waals surface area contributed by atoms with Gasteiger partial charge in [-0.3, -0.25) is 0 Å². The van der Waals surface area contributed by atoms with E-state index in [0.717, 1.165) is 5.88 Å². The predicted molar refractivity (Wildman–Crippen MR) is 84.4 cm³/mol. The highest BCUT2D eigenvalue weighted by Gasteiger charge is 2.13. The molecule has 0 aromatic heterocycles. The molecule has 1 nitrogen and oxygen atoms in total. The molecular formula is C16H35ClN+. The fourth-order valence-electron chi connectivity index (χ4n) is 2.42. The number of halogens is 1. The van der Waals surface area contributed by atoms with Crippen molar-refractivity contribution in [1.29, 1.82) is 0 Å². The maximum absolute atomic E-state index is 5.69. The van der Waals surface area contributed by atoms with Gasteiger partial charge in [0.25, 0.3) is 0 Å². The highest BCUT2D eigenvalue weighted by molar-refractivity contribution is 6.17. The Hall–Kier alpha value is 0.250. The Morgan fingerprint density at radius 1 is 0.667 bits per heavy atom. The second kappa shape index (κ2) is 12.3. The summed E-state index contributed by atoms with van der Waals surface area (Å²) >= 11 is 5.69. The summed E-state index contributed by atoms with van der Waals surface area (Å²) in [6, 6.07) is 0. The third-order valence-corrected chi connectivity index (χ3v) is 4.03. The summed E-state index contributed by atoms with van der Waals surface area (Å²) in [6.07, 6.45) is 13.7. The lowest BCUT2D eigenvalue weighted by Gasteiger charge is -2.30. The summed E-state index contributed by atoms with van der Waals surface area (Å²) in [5.74, 6) is 0.829. The van der Waals surface area contributed by atoms with Crippen molar-refractivity contribution >= 4 is 11.6 Å². The summed E-state index contributed by atoms with van der Waals surface area (Å²) in [5.41, 5.74) is 0. The van der Waals surface area contributed by atoms with Gasteiger partial charge in [0.15, 0.2) is 0 Å². The van der Waals surface area contributed by atoms with Crippen LogP contribution in [0.5, 0.6) is 0 Å². The normalized spacial score (nSPS) is 12.0. The van der Waals surface area contributed by atoms with Gasteiger partial charge in [-0.15, -0.1) is 11.6 Å². The SMILES string of the molecule is CCCCCCCC[N+](C)(C)CCCCCCCl. The second-order valence-electron chi connectivity index (χ2n) is 6.25. The van der Waals surface area contributed by atoms with Crippen LogP contribution in [0.3, 0.4) is 0 Å². The Morgan fingerprint density at radius 3 is 1.61 bits per heavy atom. The number of rotatable bonds is 13. The highest BCUT2D eigenvalue weighted by Crippen LogP contribution is 2.10. The molecule has 0 unspecified atom stereocenters. The Labute approximate surface area is 120 Å². The van der Waals surface area contributed by atoms with E-state index >= 15 is 0 Å². The molecule has 0 radical (unpaired) electrons. The van der Waals surface area contributed by atoms with E-state index in [1.54, 1.807) is 0 Å². The first-order chi connectivity index (χ1) is 8.62. The van der Waals surface area contributed by atoms with E-state index in [9.17, 15) is 0 Å². The molecule has 0 bridgehead atoms. The van der Waals surface area contributed by atoms with Crippen LogP contribution in [0.4, 0.5) is 0 Å². The lowest BCUT2D eigenvalue weighted by Crippen LogP contribution is -2.41. The number of hydrogen-bond acceptors (Lipinski definition) is 0. The fraction of sp³-hybridized carbons (Fsp3) is 1.00. The van der Waals surface area contributed by atoms with Gasteiger partial charge in [-0.25, -0.2) is 0 Å². The largest absolute Gasteiger partial charge is 0.328 e. The van der Waals surface area contributed by atoms with Gasteiger partial charge >= 0.3 is 0 Å². The van der Waals surface area contributed by atoms with Gasteiger partial charge < -0.3 is 4.48 Å². The molecule has 2 heteroatoms. The van der Waals surface area contributed by atoms with Crippen molar-refractivity contribution in [2.45, 2.75) is 71.1 Å². The Kier molecular flexibility index (Phi) is 12.5. The maximum Gasteiger partial charge on any atom is 0.0782 e. The highest BCUT2D eigenvalue weighted by atomic mass is 35.5. The van der Waals surface area contributed by atoms with Gasteiger partial charge in [-0.05, 0) is 32.1 Å². The van der Waals surface area contributed by atoms with Crippen LogP contribution < -0.4 is 0 Å².